The molecule has 0 spiro atoms. The maximum atomic E-state index is 12.4. The lowest BCUT2D eigenvalue weighted by Gasteiger charge is -2.16. The predicted octanol–water partition coefficient (Wildman–Crippen LogP) is 1.69. The number of benzene rings is 1. The molecule has 7 heteroatoms. The van der Waals surface area contributed by atoms with E-state index in [0.717, 1.165) is 6.42 Å². The van der Waals surface area contributed by atoms with Crippen LogP contribution in [0.4, 0.5) is 5.69 Å². The first-order valence-electron chi connectivity index (χ1n) is 8.40. The van der Waals surface area contributed by atoms with Gasteiger partial charge in [-0.15, -0.1) is 0 Å². The van der Waals surface area contributed by atoms with Crippen molar-refractivity contribution in [3.63, 3.8) is 0 Å². The molecule has 2 rings (SSSR count). The molecule has 1 aliphatic rings. The third-order valence-corrected chi connectivity index (χ3v) is 4.03. The molecule has 25 heavy (non-hydrogen) atoms. The summed E-state index contributed by atoms with van der Waals surface area (Å²) in [4.78, 5) is 37.6. The molecule has 0 saturated carbocycles. The van der Waals surface area contributed by atoms with Gasteiger partial charge in [0.2, 0.25) is 11.8 Å². The first-order valence-corrected chi connectivity index (χ1v) is 8.40. The van der Waals surface area contributed by atoms with Crippen molar-refractivity contribution in [3.8, 4) is 0 Å². The van der Waals surface area contributed by atoms with Gasteiger partial charge >= 0.3 is 5.97 Å². The Hall–Kier alpha value is -2.41. The van der Waals surface area contributed by atoms with E-state index in [-0.39, 0.29) is 24.2 Å². The molecule has 1 atom stereocenters. The molecular weight excluding hydrogens is 324 g/mol. The van der Waals surface area contributed by atoms with Crippen molar-refractivity contribution in [2.45, 2.75) is 19.8 Å². The molecule has 0 aromatic heterocycles. The third kappa shape index (κ3) is 5.29. The number of anilines is 1. The smallest absolute Gasteiger partial charge is 0.338 e. The fourth-order valence-electron chi connectivity index (χ4n) is 2.71. The number of esters is 1. The topological polar surface area (TPSA) is 84.9 Å². The standard InChI is InChI=1S/C18H24N2O5/c1-3-25-18(23)13-5-7-15(8-6-13)19-17(22)14-11-16(21)20(12-14)9-4-10-24-2/h5-8,14H,3-4,9-12H2,1-2H3,(H,19,22). The Bertz CT molecular complexity index is 614. The minimum atomic E-state index is -0.395. The van der Waals surface area contributed by atoms with E-state index in [2.05, 4.69) is 5.32 Å². The zero-order valence-electron chi connectivity index (χ0n) is 14.6. The molecule has 1 aromatic rings. The number of amides is 2. The molecule has 7 nitrogen and oxygen atoms in total. The SMILES string of the molecule is CCOC(=O)c1ccc(NC(=O)C2CC(=O)N(CCCOC)C2)cc1. The minimum absolute atomic E-state index is 0.00564. The molecule has 0 aliphatic carbocycles. The lowest BCUT2D eigenvalue weighted by atomic mass is 10.1. The van der Waals surface area contributed by atoms with Gasteiger partial charge in [0.25, 0.3) is 0 Å². The summed E-state index contributed by atoms with van der Waals surface area (Å²) in [6.45, 7) is 3.68. The first kappa shape index (κ1) is 18.9. The van der Waals surface area contributed by atoms with Crippen LogP contribution in [0.15, 0.2) is 24.3 Å². The molecular formula is C18H24N2O5. The van der Waals surface area contributed by atoms with Gasteiger partial charge in [0.1, 0.15) is 0 Å². The van der Waals surface area contributed by atoms with E-state index in [0.29, 0.717) is 37.6 Å². The van der Waals surface area contributed by atoms with Gasteiger partial charge in [0, 0.05) is 38.9 Å². The molecule has 1 heterocycles. The number of hydrogen-bond acceptors (Lipinski definition) is 5. The Kier molecular flexibility index (Phi) is 6.94. The second-order valence-corrected chi connectivity index (χ2v) is 5.87. The zero-order chi connectivity index (χ0) is 18.2. The average Bonchev–Trinajstić information content (AvgIpc) is 2.97. The maximum Gasteiger partial charge on any atom is 0.338 e. The molecule has 0 radical (unpaired) electrons. The van der Waals surface area contributed by atoms with Gasteiger partial charge < -0.3 is 19.7 Å². The number of carbonyl (C=O) groups excluding carboxylic acids is 3. The fraction of sp³-hybridized carbons (Fsp3) is 0.500. The highest BCUT2D eigenvalue weighted by Crippen LogP contribution is 2.20. The number of nitrogens with one attached hydrogen (secondary N) is 1. The number of rotatable bonds is 8. The Morgan fingerprint density at radius 1 is 1.28 bits per heavy atom. The van der Waals surface area contributed by atoms with Gasteiger partial charge in [0.05, 0.1) is 18.1 Å². The van der Waals surface area contributed by atoms with Crippen LogP contribution in [0.5, 0.6) is 0 Å². The highest BCUT2D eigenvalue weighted by atomic mass is 16.5. The third-order valence-electron chi connectivity index (χ3n) is 4.03. The average molecular weight is 348 g/mol. The van der Waals surface area contributed by atoms with E-state index in [9.17, 15) is 14.4 Å². The lowest BCUT2D eigenvalue weighted by molar-refractivity contribution is -0.128. The lowest BCUT2D eigenvalue weighted by Crippen LogP contribution is -2.29. The zero-order valence-corrected chi connectivity index (χ0v) is 14.6. The van der Waals surface area contributed by atoms with Gasteiger partial charge in [-0.25, -0.2) is 4.79 Å². The number of carbonyl (C=O) groups is 3. The van der Waals surface area contributed by atoms with Gasteiger partial charge in [-0.1, -0.05) is 0 Å². The van der Waals surface area contributed by atoms with Gasteiger partial charge in [-0.2, -0.15) is 0 Å². The quantitative estimate of drug-likeness (QED) is 0.571. The largest absolute Gasteiger partial charge is 0.462 e. The number of ether oxygens (including phenoxy) is 2. The normalized spacial score (nSPS) is 16.8. The van der Waals surface area contributed by atoms with Crippen LogP contribution in [0.3, 0.4) is 0 Å². The Balaban J connectivity index is 1.87. The monoisotopic (exact) mass is 348 g/mol. The van der Waals surface area contributed by atoms with Crippen molar-refractivity contribution >= 4 is 23.5 Å². The fourth-order valence-corrected chi connectivity index (χ4v) is 2.71. The summed E-state index contributed by atoms with van der Waals surface area (Å²) in [5.74, 6) is -0.950. The molecule has 2 amide bonds. The minimum Gasteiger partial charge on any atom is -0.462 e. The Morgan fingerprint density at radius 2 is 2.00 bits per heavy atom. The first-order chi connectivity index (χ1) is 12.0. The number of likely N-dealkylation sites (tertiary alicyclic amines) is 1. The van der Waals surface area contributed by atoms with Crippen molar-refractivity contribution < 1.29 is 23.9 Å². The number of methoxy groups -OCH3 is 1. The van der Waals surface area contributed by atoms with Crippen molar-refractivity contribution in [2.75, 3.05) is 38.7 Å². The summed E-state index contributed by atoms with van der Waals surface area (Å²) in [7, 11) is 1.62. The van der Waals surface area contributed by atoms with E-state index < -0.39 is 5.97 Å². The summed E-state index contributed by atoms with van der Waals surface area (Å²) < 4.78 is 9.90. The van der Waals surface area contributed by atoms with Gasteiger partial charge in [-0.05, 0) is 37.6 Å². The van der Waals surface area contributed by atoms with Crippen LogP contribution >= 0.6 is 0 Å². The highest BCUT2D eigenvalue weighted by Gasteiger charge is 2.33. The summed E-state index contributed by atoms with van der Waals surface area (Å²) in [6.07, 6.45) is 0.978. The number of nitrogens with zero attached hydrogens (tertiary/aromatic N) is 1. The predicted molar refractivity (Wildman–Crippen MR) is 92.2 cm³/mol. The maximum absolute atomic E-state index is 12.4. The second kappa shape index (κ2) is 9.17. The summed E-state index contributed by atoms with van der Waals surface area (Å²) >= 11 is 0. The van der Waals surface area contributed by atoms with Crippen LogP contribution in [-0.4, -0.2) is 56.1 Å². The van der Waals surface area contributed by atoms with Crippen LogP contribution in [0.1, 0.15) is 30.1 Å². The molecule has 0 bridgehead atoms. The van der Waals surface area contributed by atoms with Crippen LogP contribution in [0, 0.1) is 5.92 Å². The van der Waals surface area contributed by atoms with Crippen LogP contribution in [-0.2, 0) is 19.1 Å². The van der Waals surface area contributed by atoms with Gasteiger partial charge in [-0.3, -0.25) is 9.59 Å². The van der Waals surface area contributed by atoms with Crippen molar-refractivity contribution in [2.24, 2.45) is 5.92 Å². The van der Waals surface area contributed by atoms with E-state index >= 15 is 0 Å². The molecule has 1 aliphatic heterocycles. The van der Waals surface area contributed by atoms with Crippen LogP contribution in [0.2, 0.25) is 0 Å². The molecule has 136 valence electrons. The van der Waals surface area contributed by atoms with E-state index in [1.54, 1.807) is 43.2 Å². The van der Waals surface area contributed by atoms with Crippen molar-refractivity contribution in [1.29, 1.82) is 0 Å². The van der Waals surface area contributed by atoms with Crippen LogP contribution in [0.25, 0.3) is 0 Å². The molecule has 1 saturated heterocycles. The summed E-state index contributed by atoms with van der Waals surface area (Å²) in [5, 5.41) is 2.80. The Morgan fingerprint density at radius 3 is 2.64 bits per heavy atom. The molecule has 1 aromatic carbocycles. The number of hydrogen-bond donors (Lipinski definition) is 1. The molecule has 1 fully saturated rings. The summed E-state index contributed by atoms with van der Waals surface area (Å²) in [6, 6.07) is 6.50. The summed E-state index contributed by atoms with van der Waals surface area (Å²) in [5.41, 5.74) is 1.02. The van der Waals surface area contributed by atoms with Crippen molar-refractivity contribution in [3.05, 3.63) is 29.8 Å². The van der Waals surface area contributed by atoms with Gasteiger partial charge in [0.15, 0.2) is 0 Å². The van der Waals surface area contributed by atoms with E-state index in [4.69, 9.17) is 9.47 Å². The highest BCUT2D eigenvalue weighted by molar-refractivity contribution is 5.97. The van der Waals surface area contributed by atoms with Crippen molar-refractivity contribution in [1.82, 2.24) is 4.90 Å². The van der Waals surface area contributed by atoms with Crippen LogP contribution < -0.4 is 5.32 Å². The van der Waals surface area contributed by atoms with E-state index in [1.807, 2.05) is 0 Å². The Labute approximate surface area is 147 Å². The molecule has 1 unspecified atom stereocenters. The van der Waals surface area contributed by atoms with E-state index in [1.165, 1.54) is 0 Å². The molecule has 1 N–H and O–H groups in total. The second-order valence-electron chi connectivity index (χ2n) is 5.87.